The van der Waals surface area contributed by atoms with Crippen molar-refractivity contribution in [3.05, 3.63) is 126 Å². The molecule has 2 amide bonds. The molecule has 206 valence electrons. The molecule has 2 aromatic heterocycles. The predicted octanol–water partition coefficient (Wildman–Crippen LogP) is 3.34. The van der Waals surface area contributed by atoms with E-state index in [-0.39, 0.29) is 11.8 Å². The lowest BCUT2D eigenvalue weighted by molar-refractivity contribution is -0.120. The standard InChI is InChI=1S/C31H35N7O2/c32-38(28-11-2-1-3-12-28)31(40)29(13-8-18-33-22-26-9-4-6-19-35-26)37-30(39)25-16-14-24(15-17-25)21-34-23-27-10-5-7-20-36-27/h1-7,9-12,14-17,19-20,29,33-34H,8,13,18,21-23,32H2,(H,37,39)/t29-/m0/s1. The third-order valence-corrected chi connectivity index (χ3v) is 6.33. The monoisotopic (exact) mass is 537 g/mol. The molecule has 2 aromatic carbocycles. The second kappa shape index (κ2) is 15.2. The van der Waals surface area contributed by atoms with Gasteiger partial charge >= 0.3 is 0 Å². The number of anilines is 1. The normalized spacial score (nSPS) is 11.5. The molecule has 9 heteroatoms. The summed E-state index contributed by atoms with van der Waals surface area (Å²) in [7, 11) is 0. The van der Waals surface area contributed by atoms with E-state index < -0.39 is 6.04 Å². The van der Waals surface area contributed by atoms with Gasteiger partial charge in [0.05, 0.1) is 17.1 Å². The highest BCUT2D eigenvalue weighted by Gasteiger charge is 2.25. The molecule has 9 nitrogen and oxygen atoms in total. The lowest BCUT2D eigenvalue weighted by Gasteiger charge is -2.24. The Labute approximate surface area is 234 Å². The minimum atomic E-state index is -0.783. The zero-order valence-corrected chi connectivity index (χ0v) is 22.4. The Morgan fingerprint density at radius 1 is 0.750 bits per heavy atom. The van der Waals surface area contributed by atoms with Crippen LogP contribution >= 0.6 is 0 Å². The molecule has 0 spiro atoms. The molecule has 4 rings (SSSR count). The van der Waals surface area contributed by atoms with Gasteiger partial charge in [-0.05, 0) is 73.5 Å². The molecular weight excluding hydrogens is 502 g/mol. The molecule has 0 aliphatic rings. The fourth-order valence-corrected chi connectivity index (χ4v) is 4.14. The quantitative estimate of drug-likeness (QED) is 0.0841. The number of hydrazine groups is 1. The second-order valence-electron chi connectivity index (χ2n) is 9.33. The number of amides is 2. The number of nitrogens with two attached hydrogens (primary N) is 1. The molecule has 40 heavy (non-hydrogen) atoms. The summed E-state index contributed by atoms with van der Waals surface area (Å²) in [6.07, 6.45) is 4.61. The van der Waals surface area contributed by atoms with Gasteiger partial charge in [-0.2, -0.15) is 0 Å². The van der Waals surface area contributed by atoms with Crippen molar-refractivity contribution in [1.82, 2.24) is 25.9 Å². The molecule has 0 saturated carbocycles. The zero-order valence-electron chi connectivity index (χ0n) is 22.4. The van der Waals surface area contributed by atoms with Crippen LogP contribution in [-0.4, -0.2) is 34.4 Å². The highest BCUT2D eigenvalue weighted by atomic mass is 16.2. The van der Waals surface area contributed by atoms with Crippen LogP contribution in [0.15, 0.2) is 103 Å². The summed E-state index contributed by atoms with van der Waals surface area (Å²) < 4.78 is 0. The average molecular weight is 538 g/mol. The maximum absolute atomic E-state index is 13.3. The number of hydrogen-bond donors (Lipinski definition) is 4. The van der Waals surface area contributed by atoms with E-state index in [1.165, 1.54) is 0 Å². The highest BCUT2D eigenvalue weighted by molar-refractivity contribution is 6.01. The van der Waals surface area contributed by atoms with Gasteiger partial charge in [0.25, 0.3) is 11.8 Å². The Morgan fingerprint density at radius 3 is 2.00 bits per heavy atom. The third kappa shape index (κ3) is 8.81. The molecule has 2 heterocycles. The van der Waals surface area contributed by atoms with Crippen LogP contribution in [0, 0.1) is 0 Å². The molecule has 0 aliphatic heterocycles. The molecule has 1 atom stereocenters. The topological polar surface area (TPSA) is 125 Å². The van der Waals surface area contributed by atoms with Crippen molar-refractivity contribution in [1.29, 1.82) is 0 Å². The molecule has 0 radical (unpaired) electrons. The second-order valence-corrected chi connectivity index (χ2v) is 9.33. The summed E-state index contributed by atoms with van der Waals surface area (Å²) in [5.41, 5.74) is 3.98. The number of benzene rings is 2. The van der Waals surface area contributed by atoms with E-state index in [1.54, 1.807) is 36.7 Å². The smallest absolute Gasteiger partial charge is 0.263 e. The Balaban J connectivity index is 1.33. The number of para-hydroxylation sites is 1. The van der Waals surface area contributed by atoms with Crippen molar-refractivity contribution < 1.29 is 9.59 Å². The minimum absolute atomic E-state index is 0.325. The molecule has 5 N–H and O–H groups in total. The van der Waals surface area contributed by atoms with E-state index in [0.717, 1.165) is 22.0 Å². The van der Waals surface area contributed by atoms with Gasteiger partial charge < -0.3 is 16.0 Å². The SMILES string of the molecule is NN(C(=O)[C@H](CCCNCc1ccccn1)NC(=O)c1ccc(CNCc2ccccn2)cc1)c1ccccc1. The zero-order chi connectivity index (χ0) is 28.0. The number of carbonyl (C=O) groups is 2. The van der Waals surface area contributed by atoms with Crippen LogP contribution in [0.4, 0.5) is 5.69 Å². The van der Waals surface area contributed by atoms with Gasteiger partial charge in [-0.15, -0.1) is 0 Å². The lowest BCUT2D eigenvalue weighted by Crippen LogP contribution is -2.51. The number of pyridine rings is 2. The summed E-state index contributed by atoms with van der Waals surface area (Å²) in [6.45, 7) is 2.58. The molecule has 4 aromatic rings. The first-order valence-electron chi connectivity index (χ1n) is 13.3. The molecule has 0 unspecified atom stereocenters. The lowest BCUT2D eigenvalue weighted by atomic mass is 10.1. The number of hydrogen-bond acceptors (Lipinski definition) is 7. The van der Waals surface area contributed by atoms with Crippen molar-refractivity contribution in [3.63, 3.8) is 0 Å². The van der Waals surface area contributed by atoms with Gasteiger partial charge in [-0.25, -0.2) is 10.9 Å². The Kier molecular flexibility index (Phi) is 10.9. The first-order valence-corrected chi connectivity index (χ1v) is 13.3. The predicted molar refractivity (Wildman–Crippen MR) is 156 cm³/mol. The molecular formula is C31H35N7O2. The van der Waals surface area contributed by atoms with Crippen molar-refractivity contribution in [2.75, 3.05) is 11.6 Å². The summed E-state index contributed by atoms with van der Waals surface area (Å²) in [4.78, 5) is 35.1. The van der Waals surface area contributed by atoms with Gasteiger partial charge in [-0.3, -0.25) is 19.6 Å². The van der Waals surface area contributed by atoms with E-state index >= 15 is 0 Å². The molecule has 0 aliphatic carbocycles. The van der Waals surface area contributed by atoms with Crippen LogP contribution in [0.5, 0.6) is 0 Å². The van der Waals surface area contributed by atoms with Crippen molar-refractivity contribution in [2.45, 2.75) is 38.5 Å². The molecule has 0 bridgehead atoms. The van der Waals surface area contributed by atoms with Gasteiger partial charge in [-0.1, -0.05) is 42.5 Å². The number of nitrogens with zero attached hydrogens (tertiary/aromatic N) is 3. The summed E-state index contributed by atoms with van der Waals surface area (Å²) >= 11 is 0. The van der Waals surface area contributed by atoms with Crippen LogP contribution in [0.25, 0.3) is 0 Å². The van der Waals surface area contributed by atoms with Gasteiger partial charge in [0.1, 0.15) is 6.04 Å². The van der Waals surface area contributed by atoms with Crippen molar-refractivity contribution in [2.24, 2.45) is 5.84 Å². The summed E-state index contributed by atoms with van der Waals surface area (Å²) in [6, 6.07) is 27.1. The summed E-state index contributed by atoms with van der Waals surface area (Å²) in [5.74, 6) is 5.47. The first kappa shape index (κ1) is 28.6. The molecule has 0 saturated heterocycles. The number of carbonyl (C=O) groups excluding carboxylic acids is 2. The van der Waals surface area contributed by atoms with Crippen LogP contribution in [0.3, 0.4) is 0 Å². The van der Waals surface area contributed by atoms with E-state index in [9.17, 15) is 9.59 Å². The van der Waals surface area contributed by atoms with Crippen molar-refractivity contribution in [3.8, 4) is 0 Å². The average Bonchev–Trinajstić information content (AvgIpc) is 3.01. The largest absolute Gasteiger partial charge is 0.340 e. The van der Waals surface area contributed by atoms with Crippen LogP contribution in [-0.2, 0) is 24.4 Å². The maximum atomic E-state index is 13.3. The Hall–Kier alpha value is -4.44. The van der Waals surface area contributed by atoms with Gasteiger partial charge in [0, 0.05) is 37.6 Å². The van der Waals surface area contributed by atoms with Crippen molar-refractivity contribution >= 4 is 17.5 Å². The highest BCUT2D eigenvalue weighted by Crippen LogP contribution is 2.13. The van der Waals surface area contributed by atoms with E-state index in [1.807, 2.05) is 66.7 Å². The van der Waals surface area contributed by atoms with E-state index in [2.05, 4.69) is 25.9 Å². The van der Waals surface area contributed by atoms with Gasteiger partial charge in [0.2, 0.25) is 0 Å². The minimum Gasteiger partial charge on any atom is -0.340 e. The first-order chi connectivity index (χ1) is 19.6. The number of nitrogens with one attached hydrogen (secondary N) is 3. The van der Waals surface area contributed by atoms with Crippen LogP contribution < -0.4 is 26.8 Å². The number of rotatable bonds is 14. The van der Waals surface area contributed by atoms with Crippen LogP contribution in [0.1, 0.15) is 40.2 Å². The fraction of sp³-hybridized carbons (Fsp3) is 0.226. The Bertz CT molecular complexity index is 1320. The van der Waals surface area contributed by atoms with Gasteiger partial charge in [0.15, 0.2) is 0 Å². The van der Waals surface area contributed by atoms with Crippen LogP contribution in [0.2, 0.25) is 0 Å². The fourth-order valence-electron chi connectivity index (χ4n) is 4.14. The maximum Gasteiger partial charge on any atom is 0.263 e. The van der Waals surface area contributed by atoms with E-state index in [4.69, 9.17) is 5.84 Å². The Morgan fingerprint density at radius 2 is 1.38 bits per heavy atom. The summed E-state index contributed by atoms with van der Waals surface area (Å²) in [5, 5.41) is 10.7. The third-order valence-electron chi connectivity index (χ3n) is 6.33. The van der Waals surface area contributed by atoms with E-state index in [0.29, 0.717) is 50.3 Å². The molecule has 0 fully saturated rings. The number of aromatic nitrogens is 2.